The van der Waals surface area contributed by atoms with E-state index in [1.165, 1.54) is 23.3 Å². The topological polar surface area (TPSA) is 64.1 Å². The largest absolute Gasteiger partial charge is 0.497 e. The van der Waals surface area contributed by atoms with E-state index in [1.807, 2.05) is 24.3 Å². The van der Waals surface area contributed by atoms with Gasteiger partial charge < -0.3 is 10.1 Å². The number of nitrogens with one attached hydrogen (secondary N) is 1. The zero-order valence-corrected chi connectivity index (χ0v) is 13.0. The van der Waals surface area contributed by atoms with Gasteiger partial charge in [-0.1, -0.05) is 17.7 Å². The van der Waals surface area contributed by atoms with Crippen LogP contribution in [-0.4, -0.2) is 34.7 Å². The summed E-state index contributed by atoms with van der Waals surface area (Å²) in [6.07, 6.45) is 5.07. The van der Waals surface area contributed by atoms with E-state index in [9.17, 15) is 4.79 Å². The van der Waals surface area contributed by atoms with Crippen LogP contribution in [0.3, 0.4) is 0 Å². The second-order valence-corrected chi connectivity index (χ2v) is 5.86. The Kier molecular flexibility index (Phi) is 5.60. The molecule has 0 radical (unpaired) electrons. The van der Waals surface area contributed by atoms with Crippen LogP contribution in [0.15, 0.2) is 28.6 Å². The molecule has 1 N–H and O–H groups in total. The number of hydrogen-bond acceptors (Lipinski definition) is 6. The normalized spacial score (nSPS) is 9.90. The second-order valence-electron chi connectivity index (χ2n) is 3.88. The summed E-state index contributed by atoms with van der Waals surface area (Å²) in [7, 11) is 1.62. The lowest BCUT2D eigenvalue weighted by atomic mass is 10.2. The Bertz CT molecular complexity index is 647. The summed E-state index contributed by atoms with van der Waals surface area (Å²) >= 11 is 2.61. The molecule has 0 spiro atoms. The number of nitrogens with zero attached hydrogens (tertiary/aromatic N) is 2. The van der Waals surface area contributed by atoms with Crippen molar-refractivity contribution >= 4 is 29.2 Å². The molecule has 2 aromatic rings. The number of rotatable bonds is 6. The average molecular weight is 319 g/mol. The molecular formula is C14H13N3O2S2. The molecule has 0 aliphatic heterocycles. The quantitative estimate of drug-likeness (QED) is 0.652. The van der Waals surface area contributed by atoms with Crippen molar-refractivity contribution in [2.24, 2.45) is 0 Å². The predicted molar refractivity (Wildman–Crippen MR) is 84.5 cm³/mol. The minimum absolute atomic E-state index is 0.112. The molecule has 1 aromatic carbocycles. The van der Waals surface area contributed by atoms with Crippen LogP contribution >= 0.6 is 23.3 Å². The maximum absolute atomic E-state index is 11.4. The van der Waals surface area contributed by atoms with Crippen LogP contribution in [0.2, 0.25) is 0 Å². The Morgan fingerprint density at radius 2 is 2.24 bits per heavy atom. The number of carbonyl (C=O) groups excluding carboxylic acids is 1. The first-order valence-corrected chi connectivity index (χ1v) is 7.80. The molecule has 2 rings (SSSR count). The number of ether oxygens (including phenoxy) is 1. The molecule has 5 nitrogen and oxygen atoms in total. The molecule has 0 aliphatic carbocycles. The summed E-state index contributed by atoms with van der Waals surface area (Å²) in [5.41, 5.74) is 0.913. The molecule has 21 heavy (non-hydrogen) atoms. The lowest BCUT2D eigenvalue weighted by molar-refractivity contribution is -0.118. The number of thioether (sulfide) groups is 1. The fourth-order valence-corrected chi connectivity index (χ4v) is 2.90. The van der Waals surface area contributed by atoms with Crippen LogP contribution in [0.1, 0.15) is 0 Å². The summed E-state index contributed by atoms with van der Waals surface area (Å²) in [6, 6.07) is 7.51. The van der Waals surface area contributed by atoms with Crippen molar-refractivity contribution in [3.8, 4) is 29.5 Å². The molecule has 0 atom stereocenters. The first kappa shape index (κ1) is 15.4. The van der Waals surface area contributed by atoms with Gasteiger partial charge in [-0.05, 0) is 35.8 Å². The SMILES string of the molecule is C#CCNC(=O)CSc1nc(-c2ccc(OC)cc2)ns1. The van der Waals surface area contributed by atoms with Crippen LogP contribution < -0.4 is 10.1 Å². The number of terminal acetylenes is 1. The van der Waals surface area contributed by atoms with Crippen LogP contribution in [0.25, 0.3) is 11.4 Å². The van der Waals surface area contributed by atoms with Crippen molar-refractivity contribution in [2.75, 3.05) is 19.4 Å². The Morgan fingerprint density at radius 1 is 1.48 bits per heavy atom. The minimum Gasteiger partial charge on any atom is -0.497 e. The third kappa shape index (κ3) is 4.48. The van der Waals surface area contributed by atoms with Gasteiger partial charge in [-0.2, -0.15) is 4.37 Å². The molecule has 108 valence electrons. The van der Waals surface area contributed by atoms with E-state index in [1.54, 1.807) is 7.11 Å². The van der Waals surface area contributed by atoms with Crippen molar-refractivity contribution in [2.45, 2.75) is 4.34 Å². The summed E-state index contributed by atoms with van der Waals surface area (Å²) in [5, 5.41) is 2.60. The molecule has 1 aromatic heterocycles. The van der Waals surface area contributed by atoms with Gasteiger partial charge in [0.1, 0.15) is 5.75 Å². The second kappa shape index (κ2) is 7.67. The Labute approximate surface area is 131 Å². The Hall–Kier alpha value is -2.04. The van der Waals surface area contributed by atoms with Crippen molar-refractivity contribution in [3.63, 3.8) is 0 Å². The van der Waals surface area contributed by atoms with Gasteiger partial charge in [-0.15, -0.1) is 6.42 Å². The van der Waals surface area contributed by atoms with Crippen LogP contribution in [0, 0.1) is 12.3 Å². The molecular weight excluding hydrogens is 306 g/mol. The van der Waals surface area contributed by atoms with Gasteiger partial charge in [0.2, 0.25) is 5.91 Å². The highest BCUT2D eigenvalue weighted by Crippen LogP contribution is 2.26. The highest BCUT2D eigenvalue weighted by Gasteiger charge is 2.09. The number of hydrogen-bond donors (Lipinski definition) is 1. The first-order valence-electron chi connectivity index (χ1n) is 6.04. The highest BCUT2D eigenvalue weighted by molar-refractivity contribution is 8.01. The number of amides is 1. The van der Waals surface area contributed by atoms with Crippen LogP contribution in [-0.2, 0) is 4.79 Å². The van der Waals surface area contributed by atoms with E-state index in [4.69, 9.17) is 11.2 Å². The highest BCUT2D eigenvalue weighted by atomic mass is 32.2. The van der Waals surface area contributed by atoms with Gasteiger partial charge in [0.15, 0.2) is 10.2 Å². The van der Waals surface area contributed by atoms with Crippen molar-refractivity contribution < 1.29 is 9.53 Å². The monoisotopic (exact) mass is 319 g/mol. The van der Waals surface area contributed by atoms with Crippen molar-refractivity contribution in [1.29, 1.82) is 0 Å². The standard InChI is InChI=1S/C14H13N3O2S2/c1-3-8-15-12(18)9-20-14-16-13(17-21-14)10-4-6-11(19-2)7-5-10/h1,4-7H,8-9H2,2H3,(H,15,18). The molecule has 0 aliphatic rings. The summed E-state index contributed by atoms with van der Waals surface area (Å²) in [4.78, 5) is 15.8. The maximum atomic E-state index is 11.4. The zero-order chi connectivity index (χ0) is 15.1. The van der Waals surface area contributed by atoms with Crippen molar-refractivity contribution in [1.82, 2.24) is 14.7 Å². The summed E-state index contributed by atoms with van der Waals surface area (Å²) in [5.74, 6) is 3.95. The zero-order valence-electron chi connectivity index (χ0n) is 11.3. The van der Waals surface area contributed by atoms with E-state index in [-0.39, 0.29) is 18.2 Å². The van der Waals surface area contributed by atoms with E-state index < -0.39 is 0 Å². The Morgan fingerprint density at radius 3 is 2.90 bits per heavy atom. The third-order valence-electron chi connectivity index (χ3n) is 2.47. The van der Waals surface area contributed by atoms with Gasteiger partial charge in [0, 0.05) is 5.56 Å². The molecule has 1 heterocycles. The van der Waals surface area contributed by atoms with Gasteiger partial charge in [0.25, 0.3) is 0 Å². The van der Waals surface area contributed by atoms with Gasteiger partial charge in [-0.3, -0.25) is 4.79 Å². The van der Waals surface area contributed by atoms with Gasteiger partial charge >= 0.3 is 0 Å². The molecule has 0 saturated heterocycles. The fraction of sp³-hybridized carbons (Fsp3) is 0.214. The smallest absolute Gasteiger partial charge is 0.231 e. The van der Waals surface area contributed by atoms with Crippen LogP contribution in [0.4, 0.5) is 0 Å². The molecule has 0 bridgehead atoms. The van der Waals surface area contributed by atoms with Gasteiger partial charge in [-0.25, -0.2) is 4.98 Å². The van der Waals surface area contributed by atoms with E-state index in [0.29, 0.717) is 5.82 Å². The molecule has 7 heteroatoms. The van der Waals surface area contributed by atoms with Crippen LogP contribution in [0.5, 0.6) is 5.75 Å². The lowest BCUT2D eigenvalue weighted by Crippen LogP contribution is -2.25. The van der Waals surface area contributed by atoms with E-state index in [0.717, 1.165) is 15.7 Å². The number of benzene rings is 1. The van der Waals surface area contributed by atoms with E-state index in [2.05, 4.69) is 20.6 Å². The maximum Gasteiger partial charge on any atom is 0.231 e. The van der Waals surface area contributed by atoms with Crippen molar-refractivity contribution in [3.05, 3.63) is 24.3 Å². The number of carbonyl (C=O) groups is 1. The van der Waals surface area contributed by atoms with E-state index >= 15 is 0 Å². The lowest BCUT2D eigenvalue weighted by Gasteiger charge is -2.00. The summed E-state index contributed by atoms with van der Waals surface area (Å²) in [6.45, 7) is 0.243. The molecule has 0 fully saturated rings. The Balaban J connectivity index is 1.94. The molecule has 1 amide bonds. The summed E-state index contributed by atoms with van der Waals surface area (Å²) < 4.78 is 10.1. The van der Waals surface area contributed by atoms with Gasteiger partial charge in [0.05, 0.1) is 19.4 Å². The number of methoxy groups -OCH3 is 1. The fourth-order valence-electron chi connectivity index (χ4n) is 1.45. The average Bonchev–Trinajstić information content (AvgIpc) is 3.00. The number of aromatic nitrogens is 2. The minimum atomic E-state index is -0.112. The first-order chi connectivity index (χ1) is 10.2. The molecule has 0 saturated carbocycles. The third-order valence-corrected chi connectivity index (χ3v) is 4.30. The predicted octanol–water partition coefficient (Wildman–Crippen LogP) is 2.06. The molecule has 0 unspecified atom stereocenters.